The van der Waals surface area contributed by atoms with Gasteiger partial charge in [-0.1, -0.05) is 18.2 Å². The van der Waals surface area contributed by atoms with E-state index in [1.807, 2.05) is 0 Å². The van der Waals surface area contributed by atoms with Gasteiger partial charge in [-0.3, -0.25) is 9.52 Å². The Bertz CT molecular complexity index is 991. The van der Waals surface area contributed by atoms with Crippen LogP contribution in [-0.2, 0) is 14.8 Å². The number of anilines is 2. The van der Waals surface area contributed by atoms with Crippen LogP contribution in [-0.4, -0.2) is 33.5 Å². The van der Waals surface area contributed by atoms with Crippen molar-refractivity contribution in [2.24, 2.45) is 5.73 Å². The normalized spacial score (nSPS) is 12.0. The lowest BCUT2D eigenvalue weighted by Gasteiger charge is -2.16. The zero-order valence-electron chi connectivity index (χ0n) is 15.6. The van der Waals surface area contributed by atoms with E-state index in [0.29, 0.717) is 11.3 Å². The molecule has 9 nitrogen and oxygen atoms in total. The summed E-state index contributed by atoms with van der Waals surface area (Å²) in [5.74, 6) is -0.164. The molecule has 0 radical (unpaired) electrons. The van der Waals surface area contributed by atoms with Gasteiger partial charge in [0.1, 0.15) is 11.8 Å². The molecule has 2 aromatic carbocycles. The van der Waals surface area contributed by atoms with Crippen LogP contribution in [0.2, 0.25) is 0 Å². The molecule has 1 atom stereocenters. The Morgan fingerprint density at radius 2 is 1.82 bits per heavy atom. The molecule has 2 aromatic rings. The van der Waals surface area contributed by atoms with Crippen LogP contribution in [0.3, 0.4) is 0 Å². The fourth-order valence-electron chi connectivity index (χ4n) is 2.43. The van der Waals surface area contributed by atoms with Gasteiger partial charge in [0.25, 0.3) is 10.0 Å². The summed E-state index contributed by atoms with van der Waals surface area (Å²) in [5.41, 5.74) is 6.03. The minimum absolute atomic E-state index is 0.00767. The summed E-state index contributed by atoms with van der Waals surface area (Å²) >= 11 is 0. The van der Waals surface area contributed by atoms with Gasteiger partial charge in [-0.15, -0.1) is 0 Å². The van der Waals surface area contributed by atoms with E-state index in [4.69, 9.17) is 10.5 Å². The third-order valence-corrected chi connectivity index (χ3v) is 5.36. The van der Waals surface area contributed by atoms with Crippen molar-refractivity contribution in [3.05, 3.63) is 48.0 Å². The van der Waals surface area contributed by atoms with Crippen molar-refractivity contribution in [3.63, 3.8) is 0 Å². The molecule has 0 aliphatic heterocycles. The Hall–Kier alpha value is -3.27. The largest absolute Gasteiger partial charge is 0.495 e. The van der Waals surface area contributed by atoms with Crippen molar-refractivity contribution in [1.29, 1.82) is 0 Å². The second-order valence-electron chi connectivity index (χ2n) is 6.01. The second-order valence-corrected chi connectivity index (χ2v) is 7.66. The Balaban J connectivity index is 2.29. The molecule has 0 aliphatic rings. The highest BCUT2D eigenvalue weighted by atomic mass is 32.2. The van der Waals surface area contributed by atoms with Crippen LogP contribution >= 0.6 is 0 Å². The van der Waals surface area contributed by atoms with Gasteiger partial charge in [0.15, 0.2) is 0 Å². The highest BCUT2D eigenvalue weighted by Gasteiger charge is 2.21. The fraction of sp³-hybridized carbons (Fsp3) is 0.222. The van der Waals surface area contributed by atoms with Crippen molar-refractivity contribution in [2.75, 3.05) is 17.1 Å². The number of urea groups is 1. The van der Waals surface area contributed by atoms with E-state index < -0.39 is 28.0 Å². The number of nitrogens with two attached hydrogens (primary N) is 1. The quantitative estimate of drug-likeness (QED) is 0.555. The number of rotatable bonds is 7. The van der Waals surface area contributed by atoms with E-state index in [-0.39, 0.29) is 16.3 Å². The van der Waals surface area contributed by atoms with Crippen molar-refractivity contribution < 1.29 is 22.7 Å². The molecular weight excluding hydrogens is 384 g/mol. The molecule has 0 unspecified atom stereocenters. The van der Waals surface area contributed by atoms with Gasteiger partial charge in [-0.05, 0) is 43.7 Å². The summed E-state index contributed by atoms with van der Waals surface area (Å²) in [7, 11) is -2.50. The zero-order valence-corrected chi connectivity index (χ0v) is 16.5. The highest BCUT2D eigenvalue weighted by molar-refractivity contribution is 7.92. The number of methoxy groups -OCH3 is 1. The van der Waals surface area contributed by atoms with E-state index in [9.17, 15) is 18.0 Å². The second kappa shape index (κ2) is 8.61. The summed E-state index contributed by atoms with van der Waals surface area (Å²) in [6.45, 7) is 3.09. The average Bonchev–Trinajstić information content (AvgIpc) is 2.62. The Kier molecular flexibility index (Phi) is 6.47. The van der Waals surface area contributed by atoms with E-state index in [1.165, 1.54) is 20.1 Å². The van der Waals surface area contributed by atoms with E-state index >= 15 is 0 Å². The monoisotopic (exact) mass is 406 g/mol. The first-order chi connectivity index (χ1) is 13.1. The van der Waals surface area contributed by atoms with Crippen molar-refractivity contribution in [3.8, 4) is 5.75 Å². The summed E-state index contributed by atoms with van der Waals surface area (Å²) in [4.78, 5) is 23.0. The van der Waals surface area contributed by atoms with Crippen molar-refractivity contribution >= 4 is 33.3 Å². The fourth-order valence-corrected chi connectivity index (χ4v) is 3.77. The Labute approximate surface area is 163 Å². The smallest absolute Gasteiger partial charge is 0.312 e. The molecule has 10 heteroatoms. The van der Waals surface area contributed by atoms with Crippen molar-refractivity contribution in [1.82, 2.24) is 5.32 Å². The molecule has 28 heavy (non-hydrogen) atoms. The van der Waals surface area contributed by atoms with Crippen LogP contribution in [0, 0.1) is 6.92 Å². The van der Waals surface area contributed by atoms with Crippen LogP contribution in [0.25, 0.3) is 0 Å². The lowest BCUT2D eigenvalue weighted by Crippen LogP contribution is -2.44. The molecule has 2 rings (SSSR count). The van der Waals surface area contributed by atoms with Gasteiger partial charge in [0, 0.05) is 5.69 Å². The maximum Gasteiger partial charge on any atom is 0.312 e. The van der Waals surface area contributed by atoms with E-state index in [0.717, 1.165) is 0 Å². The molecule has 0 aromatic heterocycles. The molecule has 0 saturated carbocycles. The number of amides is 3. The third-order valence-electron chi connectivity index (χ3n) is 3.85. The van der Waals surface area contributed by atoms with Gasteiger partial charge in [-0.2, -0.15) is 0 Å². The molecule has 150 valence electrons. The number of aryl methyl sites for hydroxylation is 1. The van der Waals surface area contributed by atoms with Crippen LogP contribution in [0.5, 0.6) is 5.75 Å². The minimum Gasteiger partial charge on any atom is -0.495 e. The Morgan fingerprint density at radius 3 is 2.46 bits per heavy atom. The molecule has 0 saturated heterocycles. The average molecular weight is 406 g/mol. The molecule has 0 spiro atoms. The number of hydrogen-bond donors (Lipinski definition) is 4. The van der Waals surface area contributed by atoms with Crippen LogP contribution in [0.15, 0.2) is 47.4 Å². The number of hydrogen-bond acceptors (Lipinski definition) is 5. The summed E-state index contributed by atoms with van der Waals surface area (Å²) in [6, 6.07) is 9.35. The molecule has 3 amide bonds. The molecule has 0 heterocycles. The predicted molar refractivity (Wildman–Crippen MR) is 106 cm³/mol. The van der Waals surface area contributed by atoms with Crippen LogP contribution < -0.4 is 25.8 Å². The van der Waals surface area contributed by atoms with Crippen LogP contribution in [0.4, 0.5) is 16.2 Å². The molecule has 0 bridgehead atoms. The zero-order chi connectivity index (χ0) is 20.9. The summed E-state index contributed by atoms with van der Waals surface area (Å²) in [5, 5.41) is 4.79. The number of nitrogens with one attached hydrogen (secondary N) is 3. The van der Waals surface area contributed by atoms with Gasteiger partial charge < -0.3 is 21.1 Å². The Morgan fingerprint density at radius 1 is 1.14 bits per heavy atom. The number of primary amides is 1. The number of sulfonamides is 1. The summed E-state index contributed by atoms with van der Waals surface area (Å²) < 4.78 is 33.4. The topological polar surface area (TPSA) is 140 Å². The molecule has 0 aliphatic carbocycles. The minimum atomic E-state index is -3.95. The first kappa shape index (κ1) is 21.0. The maximum atomic E-state index is 12.9. The van der Waals surface area contributed by atoms with E-state index in [2.05, 4.69) is 15.4 Å². The molecular formula is C18H22N4O5S. The number of benzene rings is 2. The predicted octanol–water partition coefficient (Wildman–Crippen LogP) is 1.80. The lowest BCUT2D eigenvalue weighted by atomic mass is 10.2. The molecule has 0 fully saturated rings. The number of para-hydroxylation sites is 2. The summed E-state index contributed by atoms with van der Waals surface area (Å²) in [6.07, 6.45) is 0. The molecule has 5 N–H and O–H groups in total. The van der Waals surface area contributed by atoms with Gasteiger partial charge in [-0.25, -0.2) is 13.2 Å². The van der Waals surface area contributed by atoms with Gasteiger partial charge >= 0.3 is 6.03 Å². The van der Waals surface area contributed by atoms with Crippen LogP contribution in [0.1, 0.15) is 12.5 Å². The van der Waals surface area contributed by atoms with E-state index in [1.54, 1.807) is 43.3 Å². The van der Waals surface area contributed by atoms with Gasteiger partial charge in [0.2, 0.25) is 5.91 Å². The first-order valence-electron chi connectivity index (χ1n) is 8.27. The number of ether oxygens (including phenoxy) is 1. The maximum absolute atomic E-state index is 12.9. The lowest BCUT2D eigenvalue weighted by molar-refractivity contribution is -0.117. The van der Waals surface area contributed by atoms with Crippen molar-refractivity contribution in [2.45, 2.75) is 24.8 Å². The standard InChI is InChI=1S/C18H22N4O5S/c1-11-8-9-13(21-17(23)12(2)20-18(19)24)10-16(11)28(25,26)22-14-6-4-5-7-15(14)27-3/h4-10,12,22H,1-3H3,(H,21,23)(H3,19,20,24)/t12-/m1/s1. The highest BCUT2D eigenvalue weighted by Crippen LogP contribution is 2.28. The van der Waals surface area contributed by atoms with Gasteiger partial charge in [0.05, 0.1) is 17.7 Å². The SMILES string of the molecule is COc1ccccc1NS(=O)(=O)c1cc(NC(=O)[C@@H](C)NC(N)=O)ccc1C. The third kappa shape index (κ3) is 5.13. The number of carbonyl (C=O) groups excluding carboxylic acids is 2. The number of carbonyl (C=O) groups is 2. The first-order valence-corrected chi connectivity index (χ1v) is 9.75.